The number of nitrogens with zero attached hydrogens (tertiary/aromatic N) is 1. The summed E-state index contributed by atoms with van der Waals surface area (Å²) in [5.41, 5.74) is 2.45. The molecule has 0 bridgehead atoms. The molecule has 1 aliphatic heterocycles. The molecule has 0 atom stereocenters. The summed E-state index contributed by atoms with van der Waals surface area (Å²) < 4.78 is 5.84. The van der Waals surface area contributed by atoms with E-state index in [1.54, 1.807) is 6.08 Å². The highest BCUT2D eigenvalue weighted by molar-refractivity contribution is 6.14. The van der Waals surface area contributed by atoms with Gasteiger partial charge in [-0.05, 0) is 31.9 Å². The smallest absolute Gasteiger partial charge is 0.329 e. The van der Waals surface area contributed by atoms with Crippen LogP contribution in [-0.4, -0.2) is 22.9 Å². The molecule has 1 aliphatic carbocycles. The topological polar surface area (TPSA) is 62.6 Å². The van der Waals surface area contributed by atoms with Gasteiger partial charge >= 0.3 is 6.03 Å². The van der Waals surface area contributed by atoms with E-state index in [-0.39, 0.29) is 23.7 Å². The SMILES string of the molecule is Cc1ccc(-c2ccc(/C=C3/NC(=O)N(C4CCCCC4)C3=O)o2)cc1. The monoisotopic (exact) mass is 350 g/mol. The predicted molar refractivity (Wildman–Crippen MR) is 99.1 cm³/mol. The van der Waals surface area contributed by atoms with E-state index in [0.717, 1.165) is 37.0 Å². The zero-order chi connectivity index (χ0) is 18.1. The number of hydrogen-bond acceptors (Lipinski definition) is 3. The van der Waals surface area contributed by atoms with E-state index in [9.17, 15) is 9.59 Å². The van der Waals surface area contributed by atoms with E-state index >= 15 is 0 Å². The van der Waals surface area contributed by atoms with Crippen molar-refractivity contribution in [3.63, 3.8) is 0 Å². The number of imide groups is 1. The number of urea groups is 1. The summed E-state index contributed by atoms with van der Waals surface area (Å²) in [6, 6.07) is 11.4. The summed E-state index contributed by atoms with van der Waals surface area (Å²) in [6.45, 7) is 2.04. The van der Waals surface area contributed by atoms with E-state index in [1.165, 1.54) is 16.9 Å². The van der Waals surface area contributed by atoms with Gasteiger partial charge in [0, 0.05) is 17.7 Å². The molecule has 1 saturated carbocycles. The molecule has 1 aromatic heterocycles. The number of nitrogens with one attached hydrogen (secondary N) is 1. The molecule has 26 heavy (non-hydrogen) atoms. The summed E-state index contributed by atoms with van der Waals surface area (Å²) >= 11 is 0. The Morgan fingerprint density at radius 3 is 2.50 bits per heavy atom. The number of hydrogen-bond donors (Lipinski definition) is 1. The largest absolute Gasteiger partial charge is 0.457 e. The zero-order valence-corrected chi connectivity index (χ0v) is 14.8. The van der Waals surface area contributed by atoms with Crippen LogP contribution in [0.3, 0.4) is 0 Å². The third kappa shape index (κ3) is 3.17. The average molecular weight is 350 g/mol. The maximum atomic E-state index is 12.7. The highest BCUT2D eigenvalue weighted by Gasteiger charge is 2.39. The molecular weight excluding hydrogens is 328 g/mol. The normalized spacial score (nSPS) is 20.0. The van der Waals surface area contributed by atoms with Crippen molar-refractivity contribution in [2.45, 2.75) is 45.1 Å². The van der Waals surface area contributed by atoms with E-state index in [1.807, 2.05) is 43.3 Å². The Hall–Kier alpha value is -2.82. The molecule has 1 N–H and O–H groups in total. The van der Waals surface area contributed by atoms with Crippen molar-refractivity contribution in [1.29, 1.82) is 0 Å². The van der Waals surface area contributed by atoms with Crippen LogP contribution in [0.2, 0.25) is 0 Å². The Morgan fingerprint density at radius 1 is 1.04 bits per heavy atom. The summed E-state index contributed by atoms with van der Waals surface area (Å²) in [6.07, 6.45) is 6.71. The average Bonchev–Trinajstić information content (AvgIpc) is 3.21. The quantitative estimate of drug-likeness (QED) is 0.656. The van der Waals surface area contributed by atoms with Crippen molar-refractivity contribution >= 4 is 18.0 Å². The Kier molecular flexibility index (Phi) is 4.37. The lowest BCUT2D eigenvalue weighted by atomic mass is 9.94. The number of carbonyl (C=O) groups excluding carboxylic acids is 2. The van der Waals surface area contributed by atoms with Crippen LogP contribution in [-0.2, 0) is 4.79 Å². The van der Waals surface area contributed by atoms with E-state index in [0.29, 0.717) is 5.76 Å². The molecule has 1 aromatic carbocycles. The maximum absolute atomic E-state index is 12.7. The van der Waals surface area contributed by atoms with Crippen LogP contribution in [0.4, 0.5) is 4.79 Å². The van der Waals surface area contributed by atoms with E-state index < -0.39 is 0 Å². The molecule has 2 aliphatic rings. The fourth-order valence-corrected chi connectivity index (χ4v) is 3.67. The van der Waals surface area contributed by atoms with Gasteiger partial charge in [0.2, 0.25) is 0 Å². The molecule has 2 aromatic rings. The van der Waals surface area contributed by atoms with Gasteiger partial charge in [-0.2, -0.15) is 0 Å². The third-order valence-electron chi connectivity index (χ3n) is 5.10. The lowest BCUT2D eigenvalue weighted by molar-refractivity contribution is -0.124. The standard InChI is InChI=1S/C21H22N2O3/c1-14-7-9-15(10-8-14)19-12-11-17(26-19)13-18-20(24)23(21(25)22-18)16-5-3-2-4-6-16/h7-13,16H,2-6H2,1H3,(H,22,25)/b18-13+. The van der Waals surface area contributed by atoms with Gasteiger partial charge < -0.3 is 9.73 Å². The number of aryl methyl sites for hydroxylation is 1. The lowest BCUT2D eigenvalue weighted by Gasteiger charge is -2.28. The minimum absolute atomic E-state index is 0.0156. The molecule has 5 nitrogen and oxygen atoms in total. The van der Waals surface area contributed by atoms with Crippen LogP contribution in [0.5, 0.6) is 0 Å². The number of carbonyl (C=O) groups is 2. The second-order valence-corrected chi connectivity index (χ2v) is 7.02. The molecule has 0 spiro atoms. The Balaban J connectivity index is 1.54. The first-order valence-electron chi connectivity index (χ1n) is 9.15. The van der Waals surface area contributed by atoms with Crippen LogP contribution >= 0.6 is 0 Å². The molecule has 3 amide bonds. The molecule has 4 rings (SSSR count). The van der Waals surface area contributed by atoms with Gasteiger partial charge in [-0.3, -0.25) is 9.69 Å². The van der Waals surface area contributed by atoms with Crippen molar-refractivity contribution in [1.82, 2.24) is 10.2 Å². The summed E-state index contributed by atoms with van der Waals surface area (Å²) in [4.78, 5) is 26.3. The van der Waals surface area contributed by atoms with Gasteiger partial charge in [-0.25, -0.2) is 4.79 Å². The Morgan fingerprint density at radius 2 is 1.77 bits per heavy atom. The number of furan rings is 1. The lowest BCUT2D eigenvalue weighted by Crippen LogP contribution is -2.41. The highest BCUT2D eigenvalue weighted by atomic mass is 16.3. The van der Waals surface area contributed by atoms with Gasteiger partial charge in [0.25, 0.3) is 5.91 Å². The van der Waals surface area contributed by atoms with Crippen LogP contribution < -0.4 is 5.32 Å². The molecular formula is C21H22N2O3. The van der Waals surface area contributed by atoms with Crippen molar-refractivity contribution in [2.24, 2.45) is 0 Å². The van der Waals surface area contributed by atoms with Crippen LogP contribution in [0.1, 0.15) is 43.4 Å². The van der Waals surface area contributed by atoms with Gasteiger partial charge in [0.05, 0.1) is 0 Å². The second-order valence-electron chi connectivity index (χ2n) is 7.02. The van der Waals surface area contributed by atoms with Gasteiger partial charge in [-0.1, -0.05) is 49.1 Å². The minimum atomic E-state index is -0.321. The van der Waals surface area contributed by atoms with Gasteiger partial charge in [-0.15, -0.1) is 0 Å². The van der Waals surface area contributed by atoms with Crippen molar-refractivity contribution in [3.05, 3.63) is 53.4 Å². The van der Waals surface area contributed by atoms with Crippen LogP contribution in [0, 0.1) is 6.92 Å². The Labute approximate surface area is 152 Å². The molecule has 1 saturated heterocycles. The maximum Gasteiger partial charge on any atom is 0.329 e. The number of benzene rings is 1. The van der Waals surface area contributed by atoms with Crippen molar-refractivity contribution < 1.29 is 14.0 Å². The van der Waals surface area contributed by atoms with E-state index in [4.69, 9.17) is 4.42 Å². The van der Waals surface area contributed by atoms with Crippen molar-refractivity contribution in [3.8, 4) is 11.3 Å². The minimum Gasteiger partial charge on any atom is -0.457 e. The molecule has 0 unspecified atom stereocenters. The second kappa shape index (κ2) is 6.83. The first-order valence-corrected chi connectivity index (χ1v) is 9.15. The summed E-state index contributed by atoms with van der Waals surface area (Å²) in [5.74, 6) is 1.03. The highest BCUT2D eigenvalue weighted by Crippen LogP contribution is 2.28. The summed E-state index contributed by atoms with van der Waals surface area (Å²) in [5, 5.41) is 2.69. The van der Waals surface area contributed by atoms with E-state index in [2.05, 4.69) is 5.32 Å². The van der Waals surface area contributed by atoms with Gasteiger partial charge in [0.15, 0.2) is 0 Å². The summed E-state index contributed by atoms with van der Waals surface area (Å²) in [7, 11) is 0. The Bertz CT molecular complexity index is 858. The number of rotatable bonds is 3. The van der Waals surface area contributed by atoms with Crippen molar-refractivity contribution in [2.75, 3.05) is 0 Å². The fourth-order valence-electron chi connectivity index (χ4n) is 3.67. The molecule has 5 heteroatoms. The molecule has 0 radical (unpaired) electrons. The fraction of sp³-hybridized carbons (Fsp3) is 0.333. The van der Waals surface area contributed by atoms with Crippen LogP contribution in [0.25, 0.3) is 17.4 Å². The number of amides is 3. The third-order valence-corrected chi connectivity index (χ3v) is 5.10. The van der Waals surface area contributed by atoms with Crippen LogP contribution in [0.15, 0.2) is 46.5 Å². The molecule has 134 valence electrons. The molecule has 2 fully saturated rings. The van der Waals surface area contributed by atoms with Gasteiger partial charge in [0.1, 0.15) is 17.2 Å². The first kappa shape index (κ1) is 16.6. The molecule has 2 heterocycles. The zero-order valence-electron chi connectivity index (χ0n) is 14.8. The predicted octanol–water partition coefficient (Wildman–Crippen LogP) is 4.48. The first-order chi connectivity index (χ1) is 12.6.